The third-order valence-corrected chi connectivity index (χ3v) is 5.76. The molecule has 5 rings (SSSR count). The molecule has 0 spiro atoms. The van der Waals surface area contributed by atoms with Crippen LogP contribution in [0.4, 0.5) is 0 Å². The van der Waals surface area contributed by atoms with Crippen molar-refractivity contribution in [3.05, 3.63) is 53.6 Å². The average Bonchev–Trinajstić information content (AvgIpc) is 3.40. The number of pyridine rings is 1. The van der Waals surface area contributed by atoms with Gasteiger partial charge in [0, 0.05) is 34.3 Å². The van der Waals surface area contributed by atoms with Crippen LogP contribution in [0.1, 0.15) is 44.9 Å². The van der Waals surface area contributed by atoms with Crippen molar-refractivity contribution in [1.82, 2.24) is 29.5 Å². The number of benzene rings is 1. The average molecular weight is 439 g/mol. The van der Waals surface area contributed by atoms with Gasteiger partial charge in [-0.25, -0.2) is 9.67 Å². The molecule has 4 heterocycles. The summed E-state index contributed by atoms with van der Waals surface area (Å²) in [5.74, 6) is 0.699. The van der Waals surface area contributed by atoms with Crippen molar-refractivity contribution < 1.29 is 9.84 Å². The zero-order valence-corrected chi connectivity index (χ0v) is 18.1. The van der Waals surface area contributed by atoms with Crippen molar-refractivity contribution in [3.63, 3.8) is 0 Å². The van der Waals surface area contributed by atoms with Gasteiger partial charge in [0.1, 0.15) is 12.6 Å². The number of fused-ring (bicyclic) bond motifs is 1. The zero-order valence-electron chi connectivity index (χ0n) is 17.4. The fraction of sp³-hybridized carbons (Fsp3) is 0.364. The van der Waals surface area contributed by atoms with Crippen molar-refractivity contribution >= 4 is 22.6 Å². The first-order valence-corrected chi connectivity index (χ1v) is 10.7. The van der Waals surface area contributed by atoms with E-state index >= 15 is 0 Å². The van der Waals surface area contributed by atoms with Crippen LogP contribution in [0.25, 0.3) is 28.1 Å². The van der Waals surface area contributed by atoms with Gasteiger partial charge >= 0.3 is 0 Å². The van der Waals surface area contributed by atoms with Crippen LogP contribution in [0.15, 0.2) is 43.0 Å². The van der Waals surface area contributed by atoms with Crippen molar-refractivity contribution in [3.8, 4) is 17.1 Å². The van der Waals surface area contributed by atoms with Gasteiger partial charge in [-0.15, -0.1) is 10.2 Å². The standard InChI is InChI=1S/C22H23ClN6O2/c1-22(2,30)16-7-15-11-26-29(20(15)24-12-16)18-9-14(8-17(23)10-18)21-27-25-13-28(21)19-5-3-4-6-31-19/h7-13,19,30H,3-6H2,1-2H3. The van der Waals surface area contributed by atoms with Crippen LogP contribution >= 0.6 is 11.6 Å². The summed E-state index contributed by atoms with van der Waals surface area (Å²) in [5.41, 5.74) is 2.02. The van der Waals surface area contributed by atoms with Crippen LogP contribution in [-0.2, 0) is 10.3 Å². The summed E-state index contributed by atoms with van der Waals surface area (Å²) >= 11 is 6.47. The lowest BCUT2D eigenvalue weighted by atomic mass is 10.00. The minimum absolute atomic E-state index is 0.0753. The number of halogens is 1. The molecule has 0 radical (unpaired) electrons. The minimum Gasteiger partial charge on any atom is -0.386 e. The molecular formula is C22H23ClN6O2. The second kappa shape index (κ2) is 7.71. The van der Waals surface area contributed by atoms with Crippen molar-refractivity contribution in [1.29, 1.82) is 0 Å². The van der Waals surface area contributed by atoms with Crippen molar-refractivity contribution in [2.75, 3.05) is 6.61 Å². The smallest absolute Gasteiger partial charge is 0.166 e. The Labute approximate surface area is 184 Å². The maximum absolute atomic E-state index is 10.3. The Morgan fingerprint density at radius 3 is 2.81 bits per heavy atom. The first-order chi connectivity index (χ1) is 14.9. The number of hydrogen-bond donors (Lipinski definition) is 1. The quantitative estimate of drug-likeness (QED) is 0.512. The number of ether oxygens (including phenoxy) is 1. The number of aliphatic hydroxyl groups is 1. The Kier molecular flexibility index (Phi) is 5.00. The highest BCUT2D eigenvalue weighted by molar-refractivity contribution is 6.31. The number of aromatic nitrogens is 6. The lowest BCUT2D eigenvalue weighted by Crippen LogP contribution is -2.18. The number of nitrogens with zero attached hydrogens (tertiary/aromatic N) is 6. The van der Waals surface area contributed by atoms with E-state index in [0.717, 1.165) is 48.1 Å². The van der Waals surface area contributed by atoms with E-state index in [0.29, 0.717) is 16.5 Å². The predicted octanol–water partition coefficient (Wildman–Crippen LogP) is 4.26. The topological polar surface area (TPSA) is 90.9 Å². The molecule has 8 nitrogen and oxygen atoms in total. The molecule has 1 fully saturated rings. The van der Waals surface area contributed by atoms with Gasteiger partial charge < -0.3 is 9.84 Å². The maximum atomic E-state index is 10.3. The number of rotatable bonds is 4. The molecule has 9 heteroatoms. The first-order valence-electron chi connectivity index (χ1n) is 10.3. The molecule has 0 amide bonds. The first kappa shape index (κ1) is 20.1. The van der Waals surface area contributed by atoms with E-state index in [9.17, 15) is 5.11 Å². The van der Waals surface area contributed by atoms with Crippen LogP contribution in [0.2, 0.25) is 5.02 Å². The Hall–Kier alpha value is -2.81. The molecular weight excluding hydrogens is 416 g/mol. The third-order valence-electron chi connectivity index (χ3n) is 5.54. The SMILES string of the molecule is CC(C)(O)c1cnc2c(cnn2-c2cc(Cl)cc(-c3nncn3C3CCCCO3)c2)c1. The lowest BCUT2D eigenvalue weighted by Gasteiger charge is -2.24. The summed E-state index contributed by atoms with van der Waals surface area (Å²) in [5, 5.41) is 24.6. The number of hydrogen-bond acceptors (Lipinski definition) is 6. The summed E-state index contributed by atoms with van der Waals surface area (Å²) in [7, 11) is 0. The van der Waals surface area contributed by atoms with Gasteiger partial charge in [-0.3, -0.25) is 4.57 Å². The largest absolute Gasteiger partial charge is 0.386 e. The van der Waals surface area contributed by atoms with E-state index in [4.69, 9.17) is 16.3 Å². The molecule has 0 aliphatic carbocycles. The van der Waals surface area contributed by atoms with Gasteiger partial charge in [0.05, 0.1) is 17.5 Å². The fourth-order valence-electron chi connectivity index (χ4n) is 3.87. The molecule has 1 aromatic carbocycles. The normalized spacial score (nSPS) is 17.4. The summed E-state index contributed by atoms with van der Waals surface area (Å²) in [6, 6.07) is 7.56. The Morgan fingerprint density at radius 2 is 2.03 bits per heavy atom. The van der Waals surface area contributed by atoms with Gasteiger partial charge in [0.15, 0.2) is 11.5 Å². The molecule has 0 bridgehead atoms. The Balaban J connectivity index is 1.57. The maximum Gasteiger partial charge on any atom is 0.166 e. The Morgan fingerprint density at radius 1 is 1.16 bits per heavy atom. The van der Waals surface area contributed by atoms with E-state index in [2.05, 4.69) is 20.3 Å². The van der Waals surface area contributed by atoms with Crippen LogP contribution in [0.5, 0.6) is 0 Å². The molecule has 0 saturated carbocycles. The lowest BCUT2D eigenvalue weighted by molar-refractivity contribution is -0.0311. The monoisotopic (exact) mass is 438 g/mol. The molecule has 1 aliphatic heterocycles. The van der Waals surface area contributed by atoms with E-state index < -0.39 is 5.60 Å². The van der Waals surface area contributed by atoms with Crippen LogP contribution in [-0.4, -0.2) is 41.2 Å². The third kappa shape index (κ3) is 3.82. The minimum atomic E-state index is -0.974. The van der Waals surface area contributed by atoms with Crippen LogP contribution < -0.4 is 0 Å². The molecule has 1 atom stereocenters. The van der Waals surface area contributed by atoms with E-state index in [1.54, 1.807) is 37.3 Å². The van der Waals surface area contributed by atoms with Crippen LogP contribution in [0, 0.1) is 0 Å². The molecule has 31 heavy (non-hydrogen) atoms. The van der Waals surface area contributed by atoms with Gasteiger partial charge in [-0.2, -0.15) is 5.10 Å². The highest BCUT2D eigenvalue weighted by atomic mass is 35.5. The molecule has 4 aromatic rings. The summed E-state index contributed by atoms with van der Waals surface area (Å²) in [6.45, 7) is 4.20. The van der Waals surface area contributed by atoms with Gasteiger partial charge in [-0.05, 0) is 57.4 Å². The van der Waals surface area contributed by atoms with Gasteiger partial charge in [0.25, 0.3) is 0 Å². The fourth-order valence-corrected chi connectivity index (χ4v) is 4.10. The molecule has 3 aromatic heterocycles. The highest BCUT2D eigenvalue weighted by Crippen LogP contribution is 2.31. The summed E-state index contributed by atoms with van der Waals surface area (Å²) in [4.78, 5) is 4.54. The molecule has 1 aliphatic rings. The van der Waals surface area contributed by atoms with Gasteiger partial charge in [0.2, 0.25) is 0 Å². The molecule has 160 valence electrons. The van der Waals surface area contributed by atoms with Crippen LogP contribution in [0.3, 0.4) is 0 Å². The molecule has 1 N–H and O–H groups in total. The second-order valence-electron chi connectivity index (χ2n) is 8.33. The van der Waals surface area contributed by atoms with E-state index in [1.165, 1.54) is 0 Å². The van der Waals surface area contributed by atoms with Crippen molar-refractivity contribution in [2.24, 2.45) is 0 Å². The zero-order chi connectivity index (χ0) is 21.6. The molecule has 1 saturated heterocycles. The van der Waals surface area contributed by atoms with E-state index in [1.807, 2.05) is 28.8 Å². The highest BCUT2D eigenvalue weighted by Gasteiger charge is 2.22. The predicted molar refractivity (Wildman–Crippen MR) is 117 cm³/mol. The van der Waals surface area contributed by atoms with E-state index in [-0.39, 0.29) is 6.23 Å². The second-order valence-corrected chi connectivity index (χ2v) is 8.77. The Bertz CT molecular complexity index is 1240. The summed E-state index contributed by atoms with van der Waals surface area (Å²) in [6.07, 6.45) is 8.14. The van der Waals surface area contributed by atoms with Gasteiger partial charge in [-0.1, -0.05) is 11.6 Å². The summed E-state index contributed by atoms with van der Waals surface area (Å²) < 4.78 is 9.61. The molecule has 1 unspecified atom stereocenters. The van der Waals surface area contributed by atoms with Crippen molar-refractivity contribution in [2.45, 2.75) is 44.9 Å².